The highest BCUT2D eigenvalue weighted by Gasteiger charge is 2.48. The first-order valence-electron chi connectivity index (χ1n) is 13.8. The summed E-state index contributed by atoms with van der Waals surface area (Å²) in [7, 11) is 3.46. The van der Waals surface area contributed by atoms with Gasteiger partial charge in [-0.3, -0.25) is 14.3 Å². The van der Waals surface area contributed by atoms with Crippen molar-refractivity contribution in [3.05, 3.63) is 95.1 Å². The third-order valence-corrected chi connectivity index (χ3v) is 8.16. The molecule has 1 fully saturated rings. The van der Waals surface area contributed by atoms with Crippen LogP contribution < -0.4 is 4.74 Å². The van der Waals surface area contributed by atoms with Crippen molar-refractivity contribution in [1.82, 2.24) is 9.78 Å². The fourth-order valence-electron chi connectivity index (χ4n) is 5.68. The molecule has 7 heteroatoms. The predicted octanol–water partition coefficient (Wildman–Crippen LogP) is 7.85. The number of methoxy groups -OCH3 is 1. The molecule has 3 aromatic carbocycles. The van der Waals surface area contributed by atoms with Gasteiger partial charge in [-0.15, -0.1) is 0 Å². The Kier molecular flexibility index (Phi) is 6.60. The van der Waals surface area contributed by atoms with E-state index in [1.165, 1.54) is 12.1 Å². The number of carbonyl (C=O) groups is 2. The smallest absolute Gasteiger partial charge is 0.167 e. The van der Waals surface area contributed by atoms with Crippen LogP contribution in [0.3, 0.4) is 0 Å². The molecule has 41 heavy (non-hydrogen) atoms. The Bertz CT molecular complexity index is 1810. The van der Waals surface area contributed by atoms with Gasteiger partial charge in [0.2, 0.25) is 0 Å². The average Bonchev–Trinajstić information content (AvgIpc) is 3.44. The number of ketones is 2. The standard InChI is InChI=1S/C34H31FN2O4/c1-5-27(38)32-26-17-22(8-11-29(26)41-33(32)21-6-9-23(35)10-7-21)24-18-25(30(40-4)16-20(24)2)28(39)19-34(13-14-34)31-12-15-37(3)36-31/h6-12,15-18H,5,13-14,19H2,1-4H3. The van der Waals surface area contributed by atoms with Crippen LogP contribution in [0.2, 0.25) is 0 Å². The lowest BCUT2D eigenvalue weighted by Crippen LogP contribution is -2.16. The van der Waals surface area contributed by atoms with E-state index in [2.05, 4.69) is 5.10 Å². The molecule has 208 valence electrons. The Hall–Kier alpha value is -4.52. The Balaban J connectivity index is 1.43. The highest BCUT2D eigenvalue weighted by molar-refractivity contribution is 6.13. The first-order valence-corrected chi connectivity index (χ1v) is 13.8. The van der Waals surface area contributed by atoms with Gasteiger partial charge in [0.25, 0.3) is 0 Å². The van der Waals surface area contributed by atoms with E-state index in [-0.39, 0.29) is 22.8 Å². The molecule has 6 nitrogen and oxygen atoms in total. The minimum Gasteiger partial charge on any atom is -0.496 e. The van der Waals surface area contributed by atoms with Crippen molar-refractivity contribution >= 4 is 22.5 Å². The lowest BCUT2D eigenvalue weighted by molar-refractivity contribution is 0.0963. The van der Waals surface area contributed by atoms with Gasteiger partial charge in [-0.2, -0.15) is 5.10 Å². The van der Waals surface area contributed by atoms with Crippen molar-refractivity contribution in [2.45, 2.75) is 44.9 Å². The maximum absolute atomic E-state index is 13.7. The number of halogens is 1. The summed E-state index contributed by atoms with van der Waals surface area (Å²) in [6.45, 7) is 3.78. The van der Waals surface area contributed by atoms with E-state index < -0.39 is 0 Å². The maximum Gasteiger partial charge on any atom is 0.167 e. The van der Waals surface area contributed by atoms with Crippen LogP contribution in [0.15, 0.2) is 71.3 Å². The highest BCUT2D eigenvalue weighted by atomic mass is 19.1. The van der Waals surface area contributed by atoms with Crippen molar-refractivity contribution in [1.29, 1.82) is 0 Å². The second-order valence-corrected chi connectivity index (χ2v) is 10.9. The summed E-state index contributed by atoms with van der Waals surface area (Å²) in [4.78, 5) is 26.9. The van der Waals surface area contributed by atoms with Gasteiger partial charge in [0, 0.05) is 42.5 Å². The zero-order valence-electron chi connectivity index (χ0n) is 23.6. The van der Waals surface area contributed by atoms with E-state index in [9.17, 15) is 14.0 Å². The summed E-state index contributed by atoms with van der Waals surface area (Å²) in [6.07, 6.45) is 4.43. The molecule has 0 saturated heterocycles. The van der Waals surface area contributed by atoms with Crippen LogP contribution in [-0.4, -0.2) is 28.5 Å². The molecular formula is C34H31FN2O4. The molecule has 0 unspecified atom stereocenters. The highest BCUT2D eigenvalue weighted by Crippen LogP contribution is 2.51. The van der Waals surface area contributed by atoms with Gasteiger partial charge in [0.15, 0.2) is 11.6 Å². The Morgan fingerprint density at radius 3 is 2.39 bits per heavy atom. The minimum absolute atomic E-state index is 0.0103. The lowest BCUT2D eigenvalue weighted by atomic mass is 9.89. The van der Waals surface area contributed by atoms with Crippen LogP contribution in [0.1, 0.15) is 64.6 Å². The Morgan fingerprint density at radius 2 is 1.76 bits per heavy atom. The van der Waals surface area contributed by atoms with Gasteiger partial charge in [-0.05, 0) is 91.1 Å². The van der Waals surface area contributed by atoms with Crippen LogP contribution in [0, 0.1) is 12.7 Å². The summed E-state index contributed by atoms with van der Waals surface area (Å²) in [6, 6.07) is 17.4. The molecule has 0 aliphatic heterocycles. The van der Waals surface area contributed by atoms with Gasteiger partial charge in [-0.25, -0.2) is 4.39 Å². The Morgan fingerprint density at radius 1 is 1.02 bits per heavy atom. The molecule has 1 saturated carbocycles. The SMILES string of the molecule is CCC(=O)c1c(-c2ccc(F)cc2)oc2ccc(-c3cc(C(=O)CC4(c5ccn(C)n5)CC4)c(OC)cc3C)cc12. The van der Waals surface area contributed by atoms with Gasteiger partial charge in [0.05, 0.1) is 23.9 Å². The lowest BCUT2D eigenvalue weighted by Gasteiger charge is -2.16. The van der Waals surface area contributed by atoms with Crippen LogP contribution in [0.5, 0.6) is 5.75 Å². The summed E-state index contributed by atoms with van der Waals surface area (Å²) < 4.78 is 27.2. The normalized spacial score (nSPS) is 13.9. The first kappa shape index (κ1) is 26.7. The minimum atomic E-state index is -0.358. The van der Waals surface area contributed by atoms with Gasteiger partial charge >= 0.3 is 0 Å². The third kappa shape index (κ3) is 4.75. The second kappa shape index (κ2) is 10.1. The fraction of sp³-hybridized carbons (Fsp3) is 0.265. The monoisotopic (exact) mass is 550 g/mol. The number of Topliss-reactive ketones (excluding diaryl/α,β-unsaturated/α-hetero) is 2. The van der Waals surface area contributed by atoms with E-state index in [1.54, 1.807) is 23.9 Å². The molecule has 1 aliphatic rings. The number of aromatic nitrogens is 2. The van der Waals surface area contributed by atoms with Gasteiger partial charge in [-0.1, -0.05) is 13.0 Å². The number of carbonyl (C=O) groups excluding carboxylic acids is 2. The summed E-state index contributed by atoms with van der Waals surface area (Å²) in [5.41, 5.74) is 5.60. The molecular weight excluding hydrogens is 519 g/mol. The van der Waals surface area contributed by atoms with Crippen molar-refractivity contribution in [2.75, 3.05) is 7.11 Å². The number of fused-ring (bicyclic) bond motifs is 1. The third-order valence-electron chi connectivity index (χ3n) is 8.16. The van der Waals surface area contributed by atoms with E-state index in [1.807, 2.05) is 63.5 Å². The fourth-order valence-corrected chi connectivity index (χ4v) is 5.68. The van der Waals surface area contributed by atoms with Crippen molar-refractivity contribution < 1.29 is 23.1 Å². The maximum atomic E-state index is 13.7. The summed E-state index contributed by atoms with van der Waals surface area (Å²) in [5.74, 6) is 0.555. The predicted molar refractivity (Wildman–Crippen MR) is 156 cm³/mol. The van der Waals surface area contributed by atoms with Crippen LogP contribution >= 0.6 is 0 Å². The number of hydrogen-bond donors (Lipinski definition) is 0. The van der Waals surface area contributed by atoms with Gasteiger partial charge < -0.3 is 9.15 Å². The van der Waals surface area contributed by atoms with Crippen molar-refractivity contribution in [3.63, 3.8) is 0 Å². The number of hydrogen-bond acceptors (Lipinski definition) is 5. The molecule has 0 amide bonds. The number of ether oxygens (including phenoxy) is 1. The Labute approximate surface area is 237 Å². The van der Waals surface area contributed by atoms with Crippen LogP contribution in [0.25, 0.3) is 33.4 Å². The number of benzene rings is 3. The molecule has 0 atom stereocenters. The molecule has 5 aromatic rings. The molecule has 0 radical (unpaired) electrons. The molecule has 1 aliphatic carbocycles. The van der Waals surface area contributed by atoms with E-state index >= 15 is 0 Å². The van der Waals surface area contributed by atoms with Gasteiger partial charge in [0.1, 0.15) is 22.9 Å². The number of rotatable bonds is 9. The first-order chi connectivity index (χ1) is 19.7. The quantitative estimate of drug-likeness (QED) is 0.175. The molecule has 0 spiro atoms. The van der Waals surface area contributed by atoms with E-state index in [4.69, 9.17) is 9.15 Å². The van der Waals surface area contributed by atoms with E-state index in [0.717, 1.165) is 35.2 Å². The molecule has 6 rings (SSSR count). The number of furan rings is 1. The summed E-state index contributed by atoms with van der Waals surface area (Å²) >= 11 is 0. The zero-order chi connectivity index (χ0) is 28.9. The molecule has 0 N–H and O–H groups in total. The summed E-state index contributed by atoms with van der Waals surface area (Å²) in [5, 5.41) is 5.26. The van der Waals surface area contributed by atoms with E-state index in [0.29, 0.717) is 52.0 Å². The number of nitrogens with zero attached hydrogens (tertiary/aromatic N) is 2. The molecule has 2 aromatic heterocycles. The second-order valence-electron chi connectivity index (χ2n) is 10.9. The largest absolute Gasteiger partial charge is 0.496 e. The van der Waals surface area contributed by atoms with Crippen molar-refractivity contribution in [2.24, 2.45) is 7.05 Å². The molecule has 0 bridgehead atoms. The number of aryl methyl sites for hydroxylation is 2. The molecule has 2 heterocycles. The van der Waals surface area contributed by atoms with Crippen LogP contribution in [-0.2, 0) is 12.5 Å². The topological polar surface area (TPSA) is 74.3 Å². The van der Waals surface area contributed by atoms with Crippen LogP contribution in [0.4, 0.5) is 4.39 Å². The average molecular weight is 551 g/mol. The van der Waals surface area contributed by atoms with Crippen molar-refractivity contribution in [3.8, 4) is 28.2 Å². The zero-order valence-corrected chi connectivity index (χ0v) is 23.6.